The van der Waals surface area contributed by atoms with Crippen LogP contribution in [0.5, 0.6) is 0 Å². The maximum Gasteiger partial charge on any atom is 0.360 e. The van der Waals surface area contributed by atoms with Gasteiger partial charge in [0.15, 0.2) is 0 Å². The van der Waals surface area contributed by atoms with Crippen LogP contribution in [0.15, 0.2) is 26.8 Å². The summed E-state index contributed by atoms with van der Waals surface area (Å²) < 4.78 is 29.9. The van der Waals surface area contributed by atoms with Crippen molar-refractivity contribution in [3.63, 3.8) is 0 Å². The van der Waals surface area contributed by atoms with E-state index in [9.17, 15) is 8.42 Å². The Bertz CT molecular complexity index is 794. The molecule has 0 spiro atoms. The number of oxime groups is 1. The van der Waals surface area contributed by atoms with Crippen molar-refractivity contribution in [1.82, 2.24) is 4.98 Å². The molecule has 1 aromatic heterocycles. The van der Waals surface area contributed by atoms with Crippen LogP contribution in [0.3, 0.4) is 0 Å². The van der Waals surface area contributed by atoms with Crippen molar-refractivity contribution in [3.05, 3.63) is 21.9 Å². The molecule has 2 unspecified atom stereocenters. The van der Waals surface area contributed by atoms with Crippen LogP contribution in [-0.2, 0) is 14.4 Å². The van der Waals surface area contributed by atoms with Crippen LogP contribution in [0.25, 0.3) is 0 Å². The van der Waals surface area contributed by atoms with E-state index in [1.807, 2.05) is 0 Å². The number of pyridine rings is 1. The molecule has 0 radical (unpaired) electrons. The van der Waals surface area contributed by atoms with Gasteiger partial charge in [0.1, 0.15) is 10.0 Å². The van der Waals surface area contributed by atoms with Gasteiger partial charge in [0.2, 0.25) is 0 Å². The van der Waals surface area contributed by atoms with E-state index in [1.54, 1.807) is 0 Å². The quantitative estimate of drug-likeness (QED) is 0.535. The molecule has 0 N–H and O–H groups in total. The number of fused-ring (bicyclic) bond motifs is 2. The van der Waals surface area contributed by atoms with Crippen molar-refractivity contribution in [1.29, 1.82) is 0 Å². The van der Waals surface area contributed by atoms with Crippen molar-refractivity contribution < 1.29 is 12.7 Å². The SMILES string of the molecule is CC12CCC(CC1=NOS(=O)(=O)c1cnc(Cl)c(Br)c1)C2(C)C. The highest BCUT2D eigenvalue weighted by molar-refractivity contribution is 9.10. The minimum atomic E-state index is -4.01. The molecule has 0 amide bonds. The van der Waals surface area contributed by atoms with Crippen LogP contribution in [0.2, 0.25) is 5.15 Å². The Kier molecular flexibility index (Phi) is 4.05. The van der Waals surface area contributed by atoms with E-state index in [-0.39, 0.29) is 20.9 Å². The van der Waals surface area contributed by atoms with Gasteiger partial charge in [-0.3, -0.25) is 4.28 Å². The van der Waals surface area contributed by atoms with Gasteiger partial charge in [-0.15, -0.1) is 0 Å². The molecule has 1 heterocycles. The molecule has 0 aliphatic heterocycles. The first-order chi connectivity index (χ1) is 10.6. The van der Waals surface area contributed by atoms with Gasteiger partial charge in [-0.25, -0.2) is 4.98 Å². The Morgan fingerprint density at radius 2 is 2.13 bits per heavy atom. The second-order valence-corrected chi connectivity index (χ2v) is 9.74. The molecule has 1 aromatic rings. The Hall–Kier alpha value is -0.660. The largest absolute Gasteiger partial charge is 0.360 e. The lowest BCUT2D eigenvalue weighted by Crippen LogP contribution is -2.32. The smallest absolute Gasteiger partial charge is 0.265 e. The summed E-state index contributed by atoms with van der Waals surface area (Å²) in [5.41, 5.74) is 0.846. The molecule has 2 bridgehead atoms. The predicted molar refractivity (Wildman–Crippen MR) is 91.9 cm³/mol. The van der Waals surface area contributed by atoms with Crippen LogP contribution in [-0.4, -0.2) is 19.1 Å². The van der Waals surface area contributed by atoms with Crippen molar-refractivity contribution in [2.75, 3.05) is 0 Å². The topological polar surface area (TPSA) is 68.6 Å². The average Bonchev–Trinajstić information content (AvgIpc) is 2.81. The molecule has 23 heavy (non-hydrogen) atoms. The zero-order valence-electron chi connectivity index (χ0n) is 13.1. The zero-order valence-corrected chi connectivity index (χ0v) is 16.3. The van der Waals surface area contributed by atoms with Crippen LogP contribution in [0.4, 0.5) is 0 Å². The first-order valence-corrected chi connectivity index (χ1v) is 9.98. The van der Waals surface area contributed by atoms with Gasteiger partial charge in [-0.2, -0.15) is 8.42 Å². The summed E-state index contributed by atoms with van der Waals surface area (Å²) in [7, 11) is -4.01. The number of hydrogen-bond acceptors (Lipinski definition) is 5. The summed E-state index contributed by atoms with van der Waals surface area (Å²) in [6.45, 7) is 6.60. The molecule has 5 nitrogen and oxygen atoms in total. The minimum Gasteiger partial charge on any atom is -0.265 e. The van der Waals surface area contributed by atoms with Gasteiger partial charge in [0.25, 0.3) is 0 Å². The number of halogens is 2. The van der Waals surface area contributed by atoms with Gasteiger partial charge in [-0.1, -0.05) is 37.5 Å². The zero-order chi connectivity index (χ0) is 17.0. The summed E-state index contributed by atoms with van der Waals surface area (Å²) in [4.78, 5) is 3.73. The molecule has 2 fully saturated rings. The second kappa shape index (κ2) is 5.43. The fourth-order valence-electron chi connectivity index (χ4n) is 3.74. The highest BCUT2D eigenvalue weighted by atomic mass is 79.9. The van der Waals surface area contributed by atoms with Gasteiger partial charge < -0.3 is 0 Å². The Morgan fingerprint density at radius 3 is 2.65 bits per heavy atom. The number of aromatic nitrogens is 1. The van der Waals surface area contributed by atoms with E-state index >= 15 is 0 Å². The second-order valence-electron chi connectivity index (χ2n) is 7.00. The highest BCUT2D eigenvalue weighted by Crippen LogP contribution is 2.64. The van der Waals surface area contributed by atoms with Crippen LogP contribution in [0, 0.1) is 16.7 Å². The summed E-state index contributed by atoms with van der Waals surface area (Å²) in [6, 6.07) is 1.36. The van der Waals surface area contributed by atoms with Crippen LogP contribution < -0.4 is 0 Å². The average molecular weight is 422 g/mol. The predicted octanol–water partition coefficient (Wildman–Crippen LogP) is 4.41. The Labute approximate surface area is 149 Å². The third-order valence-electron chi connectivity index (χ3n) is 5.82. The molecule has 0 aromatic carbocycles. The van der Waals surface area contributed by atoms with Gasteiger partial charge in [0, 0.05) is 5.41 Å². The number of nitrogens with zero attached hydrogens (tertiary/aromatic N) is 2. The Morgan fingerprint density at radius 1 is 1.43 bits per heavy atom. The molecular formula is C15H18BrClN2O3S. The van der Waals surface area contributed by atoms with E-state index in [4.69, 9.17) is 15.9 Å². The molecule has 0 saturated heterocycles. The van der Waals surface area contributed by atoms with E-state index in [2.05, 4.69) is 46.8 Å². The normalized spacial score (nSPS) is 30.8. The number of hydrogen-bond donors (Lipinski definition) is 0. The van der Waals surface area contributed by atoms with E-state index in [1.165, 1.54) is 6.07 Å². The minimum absolute atomic E-state index is 0.0781. The van der Waals surface area contributed by atoms with E-state index in [0.717, 1.165) is 31.2 Å². The summed E-state index contributed by atoms with van der Waals surface area (Å²) >= 11 is 8.94. The van der Waals surface area contributed by atoms with E-state index < -0.39 is 10.1 Å². The summed E-state index contributed by atoms with van der Waals surface area (Å²) in [5.74, 6) is 0.531. The van der Waals surface area contributed by atoms with Gasteiger partial charge in [0.05, 0.1) is 16.4 Å². The van der Waals surface area contributed by atoms with Gasteiger partial charge in [-0.05, 0) is 52.6 Å². The first kappa shape index (κ1) is 17.2. The van der Waals surface area contributed by atoms with E-state index in [0.29, 0.717) is 10.4 Å². The molecule has 8 heteroatoms. The molecule has 2 aliphatic carbocycles. The molecule has 2 aliphatic rings. The molecular weight excluding hydrogens is 404 g/mol. The third kappa shape index (κ3) is 2.61. The monoisotopic (exact) mass is 420 g/mol. The third-order valence-corrected chi connectivity index (χ3v) is 8.02. The lowest BCUT2D eigenvalue weighted by molar-refractivity contribution is 0.191. The molecule has 3 rings (SSSR count). The first-order valence-electron chi connectivity index (χ1n) is 7.40. The molecule has 2 atom stereocenters. The fourth-order valence-corrected chi connectivity index (χ4v) is 5.07. The van der Waals surface area contributed by atoms with Gasteiger partial charge >= 0.3 is 10.1 Å². The maximum atomic E-state index is 12.3. The summed E-state index contributed by atoms with van der Waals surface area (Å²) in [6.07, 6.45) is 4.13. The van der Waals surface area contributed by atoms with Crippen molar-refractivity contribution in [3.8, 4) is 0 Å². The summed E-state index contributed by atoms with van der Waals surface area (Å²) in [5, 5.41) is 4.22. The highest BCUT2D eigenvalue weighted by Gasteiger charge is 2.60. The maximum absolute atomic E-state index is 12.3. The molecule has 126 valence electrons. The lowest BCUT2D eigenvalue weighted by atomic mass is 9.70. The van der Waals surface area contributed by atoms with Crippen molar-refractivity contribution in [2.45, 2.75) is 44.9 Å². The Balaban J connectivity index is 1.87. The van der Waals surface area contributed by atoms with Crippen LogP contribution >= 0.6 is 27.5 Å². The fraction of sp³-hybridized carbons (Fsp3) is 0.600. The standard InChI is InChI=1S/C15H18BrClN2O3S/c1-14(2)9-4-5-15(14,3)12(6-9)19-22-23(20,21)10-7-11(16)13(17)18-8-10/h7-9H,4-6H2,1-3H3. The van der Waals surface area contributed by atoms with Crippen LogP contribution in [0.1, 0.15) is 40.0 Å². The molecule has 2 saturated carbocycles. The van der Waals surface area contributed by atoms with Crippen molar-refractivity contribution >= 4 is 43.4 Å². The lowest BCUT2D eigenvalue weighted by Gasteiger charge is -2.34. The van der Waals surface area contributed by atoms with Crippen molar-refractivity contribution in [2.24, 2.45) is 21.9 Å². The number of rotatable bonds is 3.